The number of aryl methyl sites for hydroxylation is 1. The first-order valence-corrected chi connectivity index (χ1v) is 8.36. The maximum absolute atomic E-state index is 9.49. The average molecular weight is 376 g/mol. The Labute approximate surface area is 143 Å². The van der Waals surface area contributed by atoms with Crippen molar-refractivity contribution in [2.24, 2.45) is 7.05 Å². The van der Waals surface area contributed by atoms with Gasteiger partial charge in [0.15, 0.2) is 0 Å². The van der Waals surface area contributed by atoms with Crippen molar-refractivity contribution in [1.29, 1.82) is 5.26 Å². The largest absolute Gasteiger partial charge is 0.392 e. The molecule has 120 valence electrons. The van der Waals surface area contributed by atoms with Crippen LogP contribution in [0.5, 0.6) is 0 Å². The molecule has 6 nitrogen and oxygen atoms in total. The quantitative estimate of drug-likeness (QED) is 0.890. The highest BCUT2D eigenvalue weighted by molar-refractivity contribution is 9.10. The number of aliphatic hydroxyl groups excluding tert-OH is 1. The molecule has 0 atom stereocenters. The highest BCUT2D eigenvalue weighted by Gasteiger charge is 2.26. The van der Waals surface area contributed by atoms with Crippen molar-refractivity contribution in [2.75, 3.05) is 18.0 Å². The van der Waals surface area contributed by atoms with Crippen LogP contribution < -0.4 is 4.90 Å². The number of benzene rings is 1. The minimum absolute atomic E-state index is 0.126. The van der Waals surface area contributed by atoms with E-state index in [1.165, 1.54) is 0 Å². The van der Waals surface area contributed by atoms with E-state index in [2.05, 4.69) is 37.1 Å². The summed E-state index contributed by atoms with van der Waals surface area (Å²) in [5.41, 5.74) is 2.11. The van der Waals surface area contributed by atoms with Crippen LogP contribution in [0.4, 0.5) is 5.69 Å². The van der Waals surface area contributed by atoms with E-state index in [0.717, 1.165) is 41.9 Å². The van der Waals surface area contributed by atoms with E-state index >= 15 is 0 Å². The normalized spacial score (nSPS) is 15.7. The lowest BCUT2D eigenvalue weighted by atomic mass is 9.94. The van der Waals surface area contributed by atoms with Gasteiger partial charge in [-0.1, -0.05) is 6.07 Å². The molecule has 2 heterocycles. The molecule has 1 saturated heterocycles. The maximum Gasteiger partial charge on any atom is 0.135 e. The molecule has 0 spiro atoms. The molecule has 0 bridgehead atoms. The number of nitrogens with zero attached hydrogens (tertiary/aromatic N) is 5. The van der Waals surface area contributed by atoms with Gasteiger partial charge in [-0.15, -0.1) is 10.2 Å². The van der Waals surface area contributed by atoms with Crippen molar-refractivity contribution < 1.29 is 5.11 Å². The number of piperidine rings is 1. The molecule has 0 saturated carbocycles. The summed E-state index contributed by atoms with van der Waals surface area (Å²) in [5.74, 6) is 1.41. The van der Waals surface area contributed by atoms with E-state index in [-0.39, 0.29) is 6.61 Å². The Bertz CT molecular complexity index is 743. The Morgan fingerprint density at radius 1 is 1.39 bits per heavy atom. The molecule has 1 N–H and O–H groups in total. The fourth-order valence-corrected chi connectivity index (χ4v) is 3.78. The van der Waals surface area contributed by atoms with E-state index in [9.17, 15) is 10.4 Å². The Morgan fingerprint density at radius 2 is 2.13 bits per heavy atom. The van der Waals surface area contributed by atoms with Crippen molar-refractivity contribution in [3.63, 3.8) is 0 Å². The van der Waals surface area contributed by atoms with Crippen LogP contribution in [0, 0.1) is 11.3 Å². The Hall–Kier alpha value is -1.91. The minimum Gasteiger partial charge on any atom is -0.392 e. The molecule has 23 heavy (non-hydrogen) atoms. The second kappa shape index (κ2) is 6.69. The molecule has 0 unspecified atom stereocenters. The standard InChI is InChI=1S/C16H18BrN5O/c1-21-10-19-20-16(21)11-4-6-22(7-5-11)15-13(8-18)12(9-23)2-3-14(15)17/h2-3,10-11,23H,4-7,9H2,1H3. The summed E-state index contributed by atoms with van der Waals surface area (Å²) >= 11 is 3.55. The third-order valence-corrected chi connectivity index (χ3v) is 5.06. The fourth-order valence-electron chi connectivity index (χ4n) is 3.20. The summed E-state index contributed by atoms with van der Waals surface area (Å²) in [7, 11) is 1.97. The minimum atomic E-state index is -0.126. The van der Waals surface area contributed by atoms with E-state index in [4.69, 9.17) is 0 Å². The summed E-state index contributed by atoms with van der Waals surface area (Å²) in [6, 6.07) is 5.93. The Kier molecular flexibility index (Phi) is 4.64. The predicted octanol–water partition coefficient (Wildman–Crippen LogP) is 2.33. The van der Waals surface area contributed by atoms with Gasteiger partial charge in [-0.2, -0.15) is 5.26 Å². The van der Waals surface area contributed by atoms with Crippen LogP contribution in [0.2, 0.25) is 0 Å². The van der Waals surface area contributed by atoms with Gasteiger partial charge in [0.25, 0.3) is 0 Å². The number of anilines is 1. The zero-order valence-electron chi connectivity index (χ0n) is 12.9. The molecule has 2 aromatic rings. The monoisotopic (exact) mass is 375 g/mol. The zero-order chi connectivity index (χ0) is 16.4. The van der Waals surface area contributed by atoms with Crippen molar-refractivity contribution in [3.8, 4) is 6.07 Å². The average Bonchev–Trinajstić information content (AvgIpc) is 3.00. The number of aromatic nitrogens is 3. The third kappa shape index (κ3) is 2.96. The number of hydrogen-bond donors (Lipinski definition) is 1. The topological polar surface area (TPSA) is 78.0 Å². The number of rotatable bonds is 3. The summed E-state index contributed by atoms with van der Waals surface area (Å²) < 4.78 is 2.87. The van der Waals surface area contributed by atoms with Gasteiger partial charge < -0.3 is 14.6 Å². The molecular formula is C16H18BrN5O. The fraction of sp³-hybridized carbons (Fsp3) is 0.438. The smallest absolute Gasteiger partial charge is 0.135 e. The third-order valence-electron chi connectivity index (χ3n) is 4.42. The first-order chi connectivity index (χ1) is 11.2. The molecule has 1 aromatic heterocycles. The number of halogens is 1. The molecule has 0 radical (unpaired) electrons. The van der Waals surface area contributed by atoms with E-state index in [0.29, 0.717) is 17.0 Å². The molecule has 1 aromatic carbocycles. The molecular weight excluding hydrogens is 358 g/mol. The molecule has 0 amide bonds. The second-order valence-corrected chi connectivity index (χ2v) is 6.62. The lowest BCUT2D eigenvalue weighted by Crippen LogP contribution is -2.34. The molecule has 1 aliphatic rings. The van der Waals surface area contributed by atoms with E-state index < -0.39 is 0 Å². The summed E-state index contributed by atoms with van der Waals surface area (Å²) in [4.78, 5) is 2.22. The van der Waals surface area contributed by atoms with Crippen LogP contribution in [0.15, 0.2) is 22.9 Å². The number of nitriles is 1. The molecule has 1 aliphatic heterocycles. The van der Waals surface area contributed by atoms with Crippen LogP contribution in [0.3, 0.4) is 0 Å². The van der Waals surface area contributed by atoms with Crippen molar-refractivity contribution >= 4 is 21.6 Å². The molecule has 7 heteroatoms. The lowest BCUT2D eigenvalue weighted by Gasteiger charge is -2.34. The summed E-state index contributed by atoms with van der Waals surface area (Å²) in [6.45, 7) is 1.57. The molecule has 0 aliphatic carbocycles. The second-order valence-electron chi connectivity index (χ2n) is 5.76. The summed E-state index contributed by atoms with van der Waals surface area (Å²) in [5, 5.41) is 27.1. The van der Waals surface area contributed by atoms with E-state index in [1.54, 1.807) is 12.4 Å². The van der Waals surface area contributed by atoms with Gasteiger partial charge >= 0.3 is 0 Å². The summed E-state index contributed by atoms with van der Waals surface area (Å²) in [6.07, 6.45) is 3.66. The highest BCUT2D eigenvalue weighted by atomic mass is 79.9. The maximum atomic E-state index is 9.49. The van der Waals surface area contributed by atoms with Gasteiger partial charge in [-0.05, 0) is 40.4 Å². The molecule has 3 rings (SSSR count). The SMILES string of the molecule is Cn1cnnc1C1CCN(c2c(Br)ccc(CO)c2C#N)CC1. The van der Waals surface area contributed by atoms with Crippen LogP contribution in [-0.2, 0) is 13.7 Å². The predicted molar refractivity (Wildman–Crippen MR) is 90.0 cm³/mol. The van der Waals surface area contributed by atoms with Gasteiger partial charge in [0.2, 0.25) is 0 Å². The first-order valence-electron chi connectivity index (χ1n) is 7.57. The van der Waals surface area contributed by atoms with Crippen LogP contribution >= 0.6 is 15.9 Å². The van der Waals surface area contributed by atoms with Gasteiger partial charge in [0.1, 0.15) is 18.2 Å². The Morgan fingerprint density at radius 3 is 2.70 bits per heavy atom. The van der Waals surface area contributed by atoms with Gasteiger partial charge in [-0.25, -0.2) is 0 Å². The van der Waals surface area contributed by atoms with Gasteiger partial charge in [-0.3, -0.25) is 0 Å². The van der Waals surface area contributed by atoms with Gasteiger partial charge in [0, 0.05) is 30.5 Å². The zero-order valence-corrected chi connectivity index (χ0v) is 14.5. The van der Waals surface area contributed by atoms with Crippen molar-refractivity contribution in [2.45, 2.75) is 25.4 Å². The van der Waals surface area contributed by atoms with E-state index in [1.807, 2.05) is 17.7 Å². The van der Waals surface area contributed by atoms with Crippen molar-refractivity contribution in [3.05, 3.63) is 39.9 Å². The van der Waals surface area contributed by atoms with Crippen LogP contribution in [-0.4, -0.2) is 33.0 Å². The molecule has 1 fully saturated rings. The first kappa shape index (κ1) is 16.0. The number of aliphatic hydroxyl groups is 1. The highest BCUT2D eigenvalue weighted by Crippen LogP contribution is 2.36. The van der Waals surface area contributed by atoms with Crippen LogP contribution in [0.1, 0.15) is 35.7 Å². The lowest BCUT2D eigenvalue weighted by molar-refractivity contribution is 0.281. The van der Waals surface area contributed by atoms with Gasteiger partial charge in [0.05, 0.1) is 17.9 Å². The van der Waals surface area contributed by atoms with Crippen LogP contribution in [0.25, 0.3) is 0 Å². The number of hydrogen-bond acceptors (Lipinski definition) is 5. The van der Waals surface area contributed by atoms with Crippen molar-refractivity contribution in [1.82, 2.24) is 14.8 Å². The Balaban J connectivity index is 1.83.